The lowest BCUT2D eigenvalue weighted by molar-refractivity contribution is 0.0218. The minimum Gasteiger partial charge on any atom is -0.477 e. The van der Waals surface area contributed by atoms with Crippen molar-refractivity contribution < 1.29 is 24.5 Å². The van der Waals surface area contributed by atoms with E-state index in [0.29, 0.717) is 23.8 Å². The number of ether oxygens (including phenoxy) is 2. The number of aromatic carboxylic acids is 1. The van der Waals surface area contributed by atoms with Gasteiger partial charge >= 0.3 is 5.97 Å². The Bertz CT molecular complexity index is 366. The third kappa shape index (κ3) is 5.83. The van der Waals surface area contributed by atoms with Gasteiger partial charge in [0.1, 0.15) is 4.88 Å². The van der Waals surface area contributed by atoms with E-state index in [1.807, 2.05) is 0 Å². The van der Waals surface area contributed by atoms with Crippen LogP contribution in [0.4, 0.5) is 0 Å². The fourth-order valence-corrected chi connectivity index (χ4v) is 2.89. The molecule has 0 aromatic carbocycles. The average molecular weight is 292 g/mol. The number of carboxylic acids is 1. The van der Waals surface area contributed by atoms with E-state index >= 15 is 0 Å². The van der Waals surface area contributed by atoms with Gasteiger partial charge in [-0.25, -0.2) is 4.79 Å². The molecule has 0 aliphatic rings. The van der Waals surface area contributed by atoms with Gasteiger partial charge in [-0.1, -0.05) is 0 Å². The molecule has 1 unspecified atom stereocenters. The summed E-state index contributed by atoms with van der Waals surface area (Å²) in [5, 5.41) is 20.2. The van der Waals surface area contributed by atoms with Crippen molar-refractivity contribution in [1.82, 2.24) is 0 Å². The minimum absolute atomic E-state index is 0.256. The zero-order valence-electron chi connectivity index (χ0n) is 10.00. The topological polar surface area (TPSA) is 76.0 Å². The highest BCUT2D eigenvalue weighted by atomic mass is 32.2. The molecule has 0 saturated carbocycles. The molecule has 0 aliphatic carbocycles. The highest BCUT2D eigenvalue weighted by Gasteiger charge is 2.09. The SMILES string of the molecule is COCCOCC(O)CSc1csc(C(=O)O)c1. The van der Waals surface area contributed by atoms with Gasteiger partial charge in [-0.2, -0.15) is 0 Å². The monoisotopic (exact) mass is 292 g/mol. The van der Waals surface area contributed by atoms with Gasteiger partial charge in [-0.15, -0.1) is 23.1 Å². The lowest BCUT2D eigenvalue weighted by Gasteiger charge is -2.09. The van der Waals surface area contributed by atoms with Crippen molar-refractivity contribution >= 4 is 29.1 Å². The van der Waals surface area contributed by atoms with Gasteiger partial charge in [-0.3, -0.25) is 0 Å². The molecule has 1 atom stereocenters. The number of carbonyl (C=O) groups is 1. The second-order valence-corrected chi connectivity index (χ2v) is 5.49. The second kappa shape index (κ2) is 8.49. The number of hydrogen-bond donors (Lipinski definition) is 2. The molecule has 0 fully saturated rings. The van der Waals surface area contributed by atoms with E-state index in [1.165, 1.54) is 23.1 Å². The van der Waals surface area contributed by atoms with E-state index in [9.17, 15) is 9.90 Å². The van der Waals surface area contributed by atoms with Gasteiger partial charge in [-0.05, 0) is 6.07 Å². The molecule has 1 heterocycles. The van der Waals surface area contributed by atoms with Crippen molar-refractivity contribution in [1.29, 1.82) is 0 Å². The number of carboxylic acid groups (broad SMARTS) is 1. The van der Waals surface area contributed by atoms with Crippen LogP contribution in [0, 0.1) is 0 Å². The molecule has 0 amide bonds. The Morgan fingerprint density at radius 3 is 2.94 bits per heavy atom. The van der Waals surface area contributed by atoms with Crippen LogP contribution in [0.15, 0.2) is 16.3 Å². The van der Waals surface area contributed by atoms with Crippen molar-refractivity contribution in [2.45, 2.75) is 11.0 Å². The zero-order chi connectivity index (χ0) is 13.4. The number of thiophene rings is 1. The van der Waals surface area contributed by atoms with E-state index in [4.69, 9.17) is 14.6 Å². The predicted molar refractivity (Wildman–Crippen MR) is 70.7 cm³/mol. The summed E-state index contributed by atoms with van der Waals surface area (Å²) in [6.07, 6.45) is -0.569. The number of aliphatic hydroxyl groups is 1. The molecule has 5 nitrogen and oxygen atoms in total. The Balaban J connectivity index is 2.20. The van der Waals surface area contributed by atoms with Crippen LogP contribution < -0.4 is 0 Å². The van der Waals surface area contributed by atoms with Crippen molar-refractivity contribution in [2.24, 2.45) is 0 Å². The summed E-state index contributed by atoms with van der Waals surface area (Å²) in [6.45, 7) is 1.22. The summed E-state index contributed by atoms with van der Waals surface area (Å²) in [4.78, 5) is 11.8. The molecule has 0 saturated heterocycles. The quantitative estimate of drug-likeness (QED) is 0.531. The summed E-state index contributed by atoms with van der Waals surface area (Å²) >= 11 is 2.60. The normalized spacial score (nSPS) is 12.6. The van der Waals surface area contributed by atoms with Crippen LogP contribution in [-0.2, 0) is 9.47 Å². The average Bonchev–Trinajstić information content (AvgIpc) is 2.81. The van der Waals surface area contributed by atoms with E-state index in [2.05, 4.69) is 0 Å². The molecule has 0 aliphatic heterocycles. The van der Waals surface area contributed by atoms with Gasteiger partial charge in [0, 0.05) is 23.1 Å². The van der Waals surface area contributed by atoms with Crippen molar-refractivity contribution in [3.05, 3.63) is 16.3 Å². The summed E-state index contributed by atoms with van der Waals surface area (Å²) in [7, 11) is 1.59. The molecular weight excluding hydrogens is 276 g/mol. The summed E-state index contributed by atoms with van der Waals surface area (Å²) in [5.41, 5.74) is 0. The van der Waals surface area contributed by atoms with Crippen LogP contribution in [-0.4, -0.2) is 55.0 Å². The number of rotatable bonds is 9. The second-order valence-electron chi connectivity index (χ2n) is 3.48. The molecule has 0 spiro atoms. The van der Waals surface area contributed by atoms with Crippen molar-refractivity contribution in [3.63, 3.8) is 0 Å². The molecular formula is C11H16O5S2. The highest BCUT2D eigenvalue weighted by molar-refractivity contribution is 7.99. The van der Waals surface area contributed by atoms with Gasteiger partial charge in [0.2, 0.25) is 0 Å². The summed E-state index contributed by atoms with van der Waals surface area (Å²) in [6, 6.07) is 1.61. The number of aliphatic hydroxyl groups excluding tert-OH is 1. The Kier molecular flexibility index (Phi) is 7.29. The molecule has 1 rings (SSSR count). The zero-order valence-corrected chi connectivity index (χ0v) is 11.6. The molecule has 0 bridgehead atoms. The van der Waals surface area contributed by atoms with E-state index in [0.717, 1.165) is 4.90 Å². The van der Waals surface area contributed by atoms with E-state index in [-0.39, 0.29) is 6.61 Å². The highest BCUT2D eigenvalue weighted by Crippen LogP contribution is 2.25. The molecule has 0 radical (unpaired) electrons. The smallest absolute Gasteiger partial charge is 0.345 e. The maximum absolute atomic E-state index is 10.7. The third-order valence-electron chi connectivity index (χ3n) is 1.97. The molecule has 7 heteroatoms. The van der Waals surface area contributed by atoms with Crippen LogP contribution in [0.3, 0.4) is 0 Å². The number of thioether (sulfide) groups is 1. The summed E-state index contributed by atoms with van der Waals surface area (Å²) < 4.78 is 10.00. The van der Waals surface area contributed by atoms with Gasteiger partial charge < -0.3 is 19.7 Å². The number of methoxy groups -OCH3 is 1. The van der Waals surface area contributed by atoms with Crippen molar-refractivity contribution in [3.8, 4) is 0 Å². The fourth-order valence-electron chi connectivity index (χ4n) is 1.11. The van der Waals surface area contributed by atoms with Gasteiger partial charge in [0.15, 0.2) is 0 Å². The van der Waals surface area contributed by atoms with E-state index in [1.54, 1.807) is 18.6 Å². The Labute approximate surface area is 114 Å². The Morgan fingerprint density at radius 1 is 1.56 bits per heavy atom. The Morgan fingerprint density at radius 2 is 2.33 bits per heavy atom. The van der Waals surface area contributed by atoms with Crippen LogP contribution in [0.25, 0.3) is 0 Å². The van der Waals surface area contributed by atoms with Gasteiger partial charge in [0.25, 0.3) is 0 Å². The first kappa shape index (κ1) is 15.5. The van der Waals surface area contributed by atoms with Crippen LogP contribution in [0.5, 0.6) is 0 Å². The Hall–Kier alpha value is -0.600. The maximum atomic E-state index is 10.7. The lowest BCUT2D eigenvalue weighted by Crippen LogP contribution is -2.19. The first-order valence-electron chi connectivity index (χ1n) is 5.33. The lowest BCUT2D eigenvalue weighted by atomic mass is 10.4. The molecule has 1 aromatic rings. The molecule has 1 aromatic heterocycles. The van der Waals surface area contributed by atoms with Crippen LogP contribution in [0.2, 0.25) is 0 Å². The predicted octanol–water partition coefficient (Wildman–Crippen LogP) is 1.56. The molecule has 2 N–H and O–H groups in total. The summed E-state index contributed by atoms with van der Waals surface area (Å²) in [5.74, 6) is -0.446. The standard InChI is InChI=1S/C11H16O5S2/c1-15-2-3-16-5-8(12)6-17-9-4-10(11(13)14)18-7-9/h4,7-8,12H,2-3,5-6H2,1H3,(H,13,14). The van der Waals surface area contributed by atoms with Gasteiger partial charge in [0.05, 0.1) is 25.9 Å². The first-order valence-corrected chi connectivity index (χ1v) is 7.19. The first-order chi connectivity index (χ1) is 8.63. The van der Waals surface area contributed by atoms with E-state index < -0.39 is 12.1 Å². The number of hydrogen-bond acceptors (Lipinski definition) is 6. The third-order valence-corrected chi connectivity index (χ3v) is 4.16. The molecule has 18 heavy (non-hydrogen) atoms. The maximum Gasteiger partial charge on any atom is 0.345 e. The minimum atomic E-state index is -0.921. The van der Waals surface area contributed by atoms with Crippen LogP contribution in [0.1, 0.15) is 9.67 Å². The van der Waals surface area contributed by atoms with Crippen molar-refractivity contribution in [2.75, 3.05) is 32.7 Å². The van der Waals surface area contributed by atoms with Crippen LogP contribution >= 0.6 is 23.1 Å². The molecule has 102 valence electrons. The largest absolute Gasteiger partial charge is 0.477 e. The fraction of sp³-hybridized carbons (Fsp3) is 0.545.